The summed E-state index contributed by atoms with van der Waals surface area (Å²) in [6.45, 7) is 2.19. The van der Waals surface area contributed by atoms with Crippen LogP contribution in [-0.4, -0.2) is 18.5 Å². The van der Waals surface area contributed by atoms with E-state index >= 15 is 0 Å². The SMILES string of the molecule is CC(CN)NC(=O)CC#N. The quantitative estimate of drug-likeness (QED) is 0.549. The summed E-state index contributed by atoms with van der Waals surface area (Å²) in [7, 11) is 0. The van der Waals surface area contributed by atoms with Crippen molar-refractivity contribution in [2.24, 2.45) is 5.73 Å². The molecule has 0 aromatic rings. The minimum atomic E-state index is -0.263. The van der Waals surface area contributed by atoms with E-state index in [1.807, 2.05) is 0 Å². The van der Waals surface area contributed by atoms with Crippen molar-refractivity contribution in [2.75, 3.05) is 6.54 Å². The van der Waals surface area contributed by atoms with Gasteiger partial charge in [-0.15, -0.1) is 0 Å². The number of nitrogens with one attached hydrogen (secondary N) is 1. The lowest BCUT2D eigenvalue weighted by Crippen LogP contribution is -2.37. The summed E-state index contributed by atoms with van der Waals surface area (Å²) in [6.07, 6.45) is -0.0929. The van der Waals surface area contributed by atoms with Crippen LogP contribution < -0.4 is 11.1 Å². The van der Waals surface area contributed by atoms with E-state index in [0.717, 1.165) is 0 Å². The molecule has 0 saturated carbocycles. The molecule has 1 amide bonds. The second kappa shape index (κ2) is 4.77. The molecule has 0 aliphatic heterocycles. The third-order valence-corrected chi connectivity index (χ3v) is 1.00. The molecule has 1 atom stereocenters. The first-order chi connectivity index (χ1) is 4.70. The third-order valence-electron chi connectivity index (χ3n) is 1.00. The maximum absolute atomic E-state index is 10.6. The number of hydrogen-bond donors (Lipinski definition) is 2. The molecule has 0 spiro atoms. The number of nitrogens with zero attached hydrogens (tertiary/aromatic N) is 1. The summed E-state index contributed by atoms with van der Waals surface area (Å²) in [6, 6.07) is 1.70. The molecule has 3 N–H and O–H groups in total. The van der Waals surface area contributed by atoms with Crippen LogP contribution in [0.1, 0.15) is 13.3 Å². The Hall–Kier alpha value is -1.08. The molecule has 0 fully saturated rings. The molecular formula is C6H11N3O. The summed E-state index contributed by atoms with van der Waals surface area (Å²) < 4.78 is 0. The molecule has 1 unspecified atom stereocenters. The molecule has 0 aliphatic carbocycles. The molecule has 56 valence electrons. The Morgan fingerprint density at radius 2 is 2.50 bits per heavy atom. The normalized spacial score (nSPS) is 11.7. The summed E-state index contributed by atoms with van der Waals surface area (Å²) in [4.78, 5) is 10.6. The topological polar surface area (TPSA) is 78.9 Å². The van der Waals surface area contributed by atoms with E-state index in [9.17, 15) is 4.79 Å². The van der Waals surface area contributed by atoms with Crippen LogP contribution in [0.3, 0.4) is 0 Å². The van der Waals surface area contributed by atoms with E-state index in [4.69, 9.17) is 11.0 Å². The number of nitriles is 1. The van der Waals surface area contributed by atoms with E-state index in [1.54, 1.807) is 13.0 Å². The highest BCUT2D eigenvalue weighted by Crippen LogP contribution is 1.79. The number of carbonyl (C=O) groups is 1. The molecule has 0 aliphatic rings. The molecule has 4 heteroatoms. The third kappa shape index (κ3) is 3.87. The highest BCUT2D eigenvalue weighted by Gasteiger charge is 2.02. The summed E-state index contributed by atoms with van der Waals surface area (Å²) in [5.74, 6) is -0.263. The predicted molar refractivity (Wildman–Crippen MR) is 36.9 cm³/mol. The standard InChI is InChI=1S/C6H11N3O/c1-5(4-8)9-6(10)2-3-7/h5H,2,4,8H2,1H3,(H,9,10). The van der Waals surface area contributed by atoms with Gasteiger partial charge in [-0.1, -0.05) is 0 Å². The zero-order chi connectivity index (χ0) is 7.98. The van der Waals surface area contributed by atoms with Crippen LogP contribution in [0.2, 0.25) is 0 Å². The van der Waals surface area contributed by atoms with Crippen LogP contribution in [0.15, 0.2) is 0 Å². The highest BCUT2D eigenvalue weighted by atomic mass is 16.1. The Morgan fingerprint density at radius 1 is 1.90 bits per heavy atom. The molecule has 0 saturated heterocycles. The number of carbonyl (C=O) groups excluding carboxylic acids is 1. The molecule has 0 radical (unpaired) electrons. The maximum Gasteiger partial charge on any atom is 0.234 e. The summed E-state index contributed by atoms with van der Waals surface area (Å²) in [5, 5.41) is 10.6. The largest absolute Gasteiger partial charge is 0.351 e. The van der Waals surface area contributed by atoms with Gasteiger partial charge in [0.2, 0.25) is 5.91 Å². The van der Waals surface area contributed by atoms with Crippen molar-refractivity contribution in [3.8, 4) is 6.07 Å². The van der Waals surface area contributed by atoms with Gasteiger partial charge in [-0.05, 0) is 6.92 Å². The van der Waals surface area contributed by atoms with Gasteiger partial charge in [0.1, 0.15) is 6.42 Å². The first-order valence-electron chi connectivity index (χ1n) is 3.07. The van der Waals surface area contributed by atoms with Gasteiger partial charge in [-0.2, -0.15) is 5.26 Å². The maximum atomic E-state index is 10.6. The minimum absolute atomic E-state index is 0.0409. The number of nitrogens with two attached hydrogens (primary N) is 1. The average molecular weight is 141 g/mol. The first kappa shape index (κ1) is 8.92. The van der Waals surface area contributed by atoms with Gasteiger partial charge in [0.15, 0.2) is 0 Å². The van der Waals surface area contributed by atoms with Gasteiger partial charge in [0.05, 0.1) is 6.07 Å². The van der Waals surface area contributed by atoms with E-state index in [-0.39, 0.29) is 18.4 Å². The molecule has 0 heterocycles. The number of rotatable bonds is 3. The molecule has 0 bridgehead atoms. The molecule has 0 aromatic heterocycles. The summed E-state index contributed by atoms with van der Waals surface area (Å²) >= 11 is 0. The van der Waals surface area contributed by atoms with Crippen LogP contribution in [0.25, 0.3) is 0 Å². The van der Waals surface area contributed by atoms with Gasteiger partial charge in [0.25, 0.3) is 0 Å². The van der Waals surface area contributed by atoms with E-state index in [1.165, 1.54) is 0 Å². The van der Waals surface area contributed by atoms with Gasteiger partial charge in [-0.3, -0.25) is 4.79 Å². The fourth-order valence-electron chi connectivity index (χ4n) is 0.457. The Labute approximate surface area is 60.0 Å². The number of amides is 1. The lowest BCUT2D eigenvalue weighted by atomic mass is 10.3. The van der Waals surface area contributed by atoms with Crippen LogP contribution in [0.5, 0.6) is 0 Å². The number of hydrogen-bond acceptors (Lipinski definition) is 3. The van der Waals surface area contributed by atoms with E-state index in [0.29, 0.717) is 6.54 Å². The lowest BCUT2D eigenvalue weighted by Gasteiger charge is -2.08. The fraction of sp³-hybridized carbons (Fsp3) is 0.667. The van der Waals surface area contributed by atoms with Crippen LogP contribution in [0.4, 0.5) is 0 Å². The van der Waals surface area contributed by atoms with Crippen LogP contribution in [0, 0.1) is 11.3 Å². The van der Waals surface area contributed by atoms with Gasteiger partial charge in [0, 0.05) is 12.6 Å². The first-order valence-corrected chi connectivity index (χ1v) is 3.07. The van der Waals surface area contributed by atoms with Gasteiger partial charge >= 0.3 is 0 Å². The average Bonchev–Trinajstić information content (AvgIpc) is 1.88. The molecule has 0 aromatic carbocycles. The van der Waals surface area contributed by atoms with Crippen molar-refractivity contribution < 1.29 is 4.79 Å². The van der Waals surface area contributed by atoms with Crippen molar-refractivity contribution in [1.82, 2.24) is 5.32 Å². The highest BCUT2D eigenvalue weighted by molar-refractivity contribution is 5.78. The molecule has 4 nitrogen and oxygen atoms in total. The second-order valence-electron chi connectivity index (χ2n) is 2.04. The van der Waals surface area contributed by atoms with Crippen LogP contribution in [-0.2, 0) is 4.79 Å². The zero-order valence-electron chi connectivity index (χ0n) is 5.92. The van der Waals surface area contributed by atoms with Crippen molar-refractivity contribution in [3.63, 3.8) is 0 Å². The Morgan fingerprint density at radius 3 is 2.90 bits per heavy atom. The van der Waals surface area contributed by atoms with Gasteiger partial charge < -0.3 is 11.1 Å². The molecule has 10 heavy (non-hydrogen) atoms. The van der Waals surface area contributed by atoms with E-state index < -0.39 is 0 Å². The Bertz CT molecular complexity index is 150. The Kier molecular flexibility index (Phi) is 4.25. The molecular weight excluding hydrogens is 130 g/mol. The monoisotopic (exact) mass is 141 g/mol. The smallest absolute Gasteiger partial charge is 0.234 e. The zero-order valence-corrected chi connectivity index (χ0v) is 5.92. The second-order valence-corrected chi connectivity index (χ2v) is 2.04. The van der Waals surface area contributed by atoms with Crippen molar-refractivity contribution in [3.05, 3.63) is 0 Å². The lowest BCUT2D eigenvalue weighted by molar-refractivity contribution is -0.120. The van der Waals surface area contributed by atoms with E-state index in [2.05, 4.69) is 5.32 Å². The van der Waals surface area contributed by atoms with Gasteiger partial charge in [-0.25, -0.2) is 0 Å². The minimum Gasteiger partial charge on any atom is -0.351 e. The van der Waals surface area contributed by atoms with Crippen molar-refractivity contribution in [2.45, 2.75) is 19.4 Å². The summed E-state index contributed by atoms with van der Waals surface area (Å²) in [5.41, 5.74) is 5.22. The molecule has 0 rings (SSSR count). The van der Waals surface area contributed by atoms with Crippen molar-refractivity contribution in [1.29, 1.82) is 5.26 Å². The Balaban J connectivity index is 3.49. The fourth-order valence-corrected chi connectivity index (χ4v) is 0.457. The van der Waals surface area contributed by atoms with Crippen molar-refractivity contribution >= 4 is 5.91 Å². The van der Waals surface area contributed by atoms with Crippen LogP contribution >= 0.6 is 0 Å². The predicted octanol–water partition coefficient (Wildman–Crippen LogP) is -0.637.